The number of nitrogens with one attached hydrogen (secondary N) is 2. The number of hydrazine groups is 1. The Bertz CT molecular complexity index is 1170. The Morgan fingerprint density at radius 1 is 1.06 bits per heavy atom. The molecule has 0 spiro atoms. The van der Waals surface area contributed by atoms with Crippen molar-refractivity contribution in [3.05, 3.63) is 82.9 Å². The summed E-state index contributed by atoms with van der Waals surface area (Å²) < 4.78 is 11.3. The second-order valence-corrected chi connectivity index (χ2v) is 8.57. The molecule has 0 radical (unpaired) electrons. The number of nitrogens with zero attached hydrogens (tertiary/aromatic N) is 1. The molecule has 0 aliphatic carbocycles. The van der Waals surface area contributed by atoms with Crippen LogP contribution in [0.5, 0.6) is 11.5 Å². The summed E-state index contributed by atoms with van der Waals surface area (Å²) in [6.45, 7) is 2.70. The zero-order valence-electron chi connectivity index (χ0n) is 19.0. The first-order chi connectivity index (χ1) is 16.4. The summed E-state index contributed by atoms with van der Waals surface area (Å²) in [5.74, 6) is 0.349. The van der Waals surface area contributed by atoms with Crippen molar-refractivity contribution in [1.29, 1.82) is 0 Å². The average molecular weight is 480 g/mol. The van der Waals surface area contributed by atoms with Gasteiger partial charge in [-0.05, 0) is 48.9 Å². The number of halogens is 1. The van der Waals surface area contributed by atoms with Crippen LogP contribution in [-0.4, -0.2) is 25.5 Å². The van der Waals surface area contributed by atoms with Crippen molar-refractivity contribution < 1.29 is 19.1 Å². The lowest BCUT2D eigenvalue weighted by molar-refractivity contribution is -0.125. The molecule has 3 aromatic rings. The topological polar surface area (TPSA) is 79.9 Å². The normalized spacial score (nSPS) is 15.2. The highest BCUT2D eigenvalue weighted by Gasteiger charge is 2.35. The summed E-state index contributed by atoms with van der Waals surface area (Å²) in [6, 6.07) is 20.4. The van der Waals surface area contributed by atoms with Gasteiger partial charge in [-0.25, -0.2) is 0 Å². The summed E-state index contributed by atoms with van der Waals surface area (Å²) in [6.07, 6.45) is 0.169. The number of amides is 2. The van der Waals surface area contributed by atoms with Crippen LogP contribution in [0.4, 0.5) is 11.4 Å². The summed E-state index contributed by atoms with van der Waals surface area (Å²) in [7, 11) is 1.55. The molecule has 8 heteroatoms. The van der Waals surface area contributed by atoms with Gasteiger partial charge >= 0.3 is 0 Å². The number of hydrogen-bond donors (Lipinski definition) is 2. The monoisotopic (exact) mass is 479 g/mol. The first kappa shape index (κ1) is 23.4. The predicted molar refractivity (Wildman–Crippen MR) is 132 cm³/mol. The maximum atomic E-state index is 12.7. The molecular formula is C26H26ClN3O4. The molecule has 4 rings (SSSR count). The molecule has 0 aromatic heterocycles. The molecule has 1 aliphatic rings. The molecule has 1 saturated heterocycles. The Morgan fingerprint density at radius 2 is 1.79 bits per heavy atom. The van der Waals surface area contributed by atoms with Crippen LogP contribution >= 0.6 is 11.6 Å². The van der Waals surface area contributed by atoms with Gasteiger partial charge in [-0.3, -0.25) is 20.4 Å². The van der Waals surface area contributed by atoms with E-state index in [0.717, 1.165) is 16.8 Å². The Kier molecular flexibility index (Phi) is 7.23. The standard InChI is InChI=1S/C26H26ClN3O4/c1-17-3-10-22(11-4-17)30-15-19(13-25(30)31)26(32)29-28-21-9-12-23(24(14-21)33-2)34-16-18-5-7-20(27)8-6-18/h3-12,14,19,28H,13,15-16H2,1-2H3,(H,29,32)/t19-/m0/s1. The van der Waals surface area contributed by atoms with Gasteiger partial charge in [0.2, 0.25) is 11.8 Å². The number of hydrogen-bond acceptors (Lipinski definition) is 5. The maximum Gasteiger partial charge on any atom is 0.243 e. The molecule has 3 aromatic carbocycles. The van der Waals surface area contributed by atoms with Gasteiger partial charge in [-0.2, -0.15) is 0 Å². The largest absolute Gasteiger partial charge is 0.493 e. The van der Waals surface area contributed by atoms with Gasteiger partial charge in [-0.15, -0.1) is 0 Å². The minimum Gasteiger partial charge on any atom is -0.493 e. The third kappa shape index (κ3) is 5.61. The molecule has 0 unspecified atom stereocenters. The molecule has 1 heterocycles. The SMILES string of the molecule is COc1cc(NNC(=O)[C@H]2CC(=O)N(c3ccc(C)cc3)C2)ccc1OCc1ccc(Cl)cc1. The molecule has 1 fully saturated rings. The van der Waals surface area contributed by atoms with Crippen LogP contribution in [0.3, 0.4) is 0 Å². The highest BCUT2D eigenvalue weighted by atomic mass is 35.5. The molecule has 2 amide bonds. The predicted octanol–water partition coefficient (Wildman–Crippen LogP) is 4.73. The van der Waals surface area contributed by atoms with E-state index in [4.69, 9.17) is 21.1 Å². The van der Waals surface area contributed by atoms with Crippen molar-refractivity contribution in [2.45, 2.75) is 20.0 Å². The van der Waals surface area contributed by atoms with Crippen LogP contribution in [0.15, 0.2) is 66.7 Å². The second-order valence-electron chi connectivity index (χ2n) is 8.14. The summed E-state index contributed by atoms with van der Waals surface area (Å²) in [5, 5.41) is 0.670. The van der Waals surface area contributed by atoms with Crippen LogP contribution in [0, 0.1) is 12.8 Å². The van der Waals surface area contributed by atoms with Crippen molar-refractivity contribution >= 4 is 34.8 Å². The number of aryl methyl sites for hydroxylation is 1. The van der Waals surface area contributed by atoms with Crippen LogP contribution < -0.4 is 25.2 Å². The molecular weight excluding hydrogens is 454 g/mol. The van der Waals surface area contributed by atoms with E-state index in [1.165, 1.54) is 0 Å². The van der Waals surface area contributed by atoms with Gasteiger partial charge in [0.1, 0.15) is 6.61 Å². The molecule has 176 valence electrons. The number of rotatable bonds is 8. The highest BCUT2D eigenvalue weighted by Crippen LogP contribution is 2.31. The van der Waals surface area contributed by atoms with Gasteiger partial charge in [0.05, 0.1) is 18.7 Å². The second kappa shape index (κ2) is 10.5. The quantitative estimate of drug-likeness (QED) is 0.456. The van der Waals surface area contributed by atoms with Gasteiger partial charge < -0.3 is 14.4 Å². The van der Waals surface area contributed by atoms with E-state index in [2.05, 4.69) is 10.9 Å². The van der Waals surface area contributed by atoms with E-state index in [-0.39, 0.29) is 18.2 Å². The number of methoxy groups -OCH3 is 1. The van der Waals surface area contributed by atoms with E-state index in [9.17, 15) is 9.59 Å². The average Bonchev–Trinajstić information content (AvgIpc) is 3.24. The van der Waals surface area contributed by atoms with Crippen molar-refractivity contribution in [3.8, 4) is 11.5 Å². The summed E-state index contributed by atoms with van der Waals surface area (Å²) in [4.78, 5) is 26.8. The smallest absolute Gasteiger partial charge is 0.243 e. The van der Waals surface area contributed by atoms with E-state index in [0.29, 0.717) is 35.4 Å². The van der Waals surface area contributed by atoms with E-state index in [1.54, 1.807) is 30.2 Å². The Morgan fingerprint density at radius 3 is 2.50 bits per heavy atom. The van der Waals surface area contributed by atoms with E-state index in [1.807, 2.05) is 55.5 Å². The van der Waals surface area contributed by atoms with E-state index >= 15 is 0 Å². The van der Waals surface area contributed by atoms with Gasteiger partial charge in [-0.1, -0.05) is 41.4 Å². The lowest BCUT2D eigenvalue weighted by Gasteiger charge is -2.17. The lowest BCUT2D eigenvalue weighted by atomic mass is 10.1. The fourth-order valence-corrected chi connectivity index (χ4v) is 3.83. The number of carbonyl (C=O) groups is 2. The van der Waals surface area contributed by atoms with Crippen LogP contribution in [0.2, 0.25) is 5.02 Å². The van der Waals surface area contributed by atoms with Crippen molar-refractivity contribution in [3.63, 3.8) is 0 Å². The minimum absolute atomic E-state index is 0.0622. The molecule has 1 atom stereocenters. The first-order valence-electron chi connectivity index (χ1n) is 10.9. The molecule has 2 N–H and O–H groups in total. The molecule has 34 heavy (non-hydrogen) atoms. The van der Waals surface area contributed by atoms with Gasteiger partial charge in [0.25, 0.3) is 0 Å². The molecule has 1 aliphatic heterocycles. The van der Waals surface area contributed by atoms with Crippen molar-refractivity contribution in [2.75, 3.05) is 24.0 Å². The van der Waals surface area contributed by atoms with Crippen LogP contribution in [-0.2, 0) is 16.2 Å². The number of anilines is 2. The minimum atomic E-state index is -0.440. The lowest BCUT2D eigenvalue weighted by Crippen LogP contribution is -2.36. The fraction of sp³-hybridized carbons (Fsp3) is 0.231. The van der Waals surface area contributed by atoms with Crippen molar-refractivity contribution in [1.82, 2.24) is 5.43 Å². The van der Waals surface area contributed by atoms with Gasteiger partial charge in [0, 0.05) is 29.7 Å². The Hall–Kier alpha value is -3.71. The van der Waals surface area contributed by atoms with Crippen molar-refractivity contribution in [2.24, 2.45) is 5.92 Å². The zero-order valence-corrected chi connectivity index (χ0v) is 19.8. The summed E-state index contributed by atoms with van der Waals surface area (Å²) in [5.41, 5.74) is 9.13. The number of carbonyl (C=O) groups excluding carboxylic acids is 2. The highest BCUT2D eigenvalue weighted by molar-refractivity contribution is 6.30. The Balaban J connectivity index is 1.33. The molecule has 7 nitrogen and oxygen atoms in total. The first-order valence-corrected chi connectivity index (χ1v) is 11.3. The molecule has 0 bridgehead atoms. The fourth-order valence-electron chi connectivity index (χ4n) is 3.70. The maximum absolute atomic E-state index is 12.7. The third-order valence-electron chi connectivity index (χ3n) is 5.64. The zero-order chi connectivity index (χ0) is 24.1. The number of benzene rings is 3. The summed E-state index contributed by atoms with van der Waals surface area (Å²) >= 11 is 5.92. The molecule has 0 saturated carbocycles. The van der Waals surface area contributed by atoms with Gasteiger partial charge in [0.15, 0.2) is 11.5 Å². The Labute approximate surface area is 203 Å². The number of ether oxygens (including phenoxy) is 2. The van der Waals surface area contributed by atoms with Crippen LogP contribution in [0.25, 0.3) is 0 Å². The van der Waals surface area contributed by atoms with E-state index < -0.39 is 5.92 Å². The van der Waals surface area contributed by atoms with Crippen LogP contribution in [0.1, 0.15) is 17.5 Å². The third-order valence-corrected chi connectivity index (χ3v) is 5.89.